The number of hydrogen-bond acceptors (Lipinski definition) is 3. The molecule has 1 aromatic heterocycles. The monoisotopic (exact) mass is 307 g/mol. The molecule has 0 atom stereocenters. The van der Waals surface area contributed by atoms with Crippen LogP contribution in [0.3, 0.4) is 0 Å². The van der Waals surface area contributed by atoms with Crippen molar-refractivity contribution in [1.29, 1.82) is 0 Å². The number of para-hydroxylation sites is 2. The number of benzene rings is 2. The maximum atomic E-state index is 12.4. The summed E-state index contributed by atoms with van der Waals surface area (Å²) < 4.78 is 11.0. The molecule has 0 saturated heterocycles. The van der Waals surface area contributed by atoms with Crippen LogP contribution in [0.1, 0.15) is 21.7 Å². The van der Waals surface area contributed by atoms with Gasteiger partial charge in [-0.25, -0.2) is 0 Å². The number of amides is 1. The van der Waals surface area contributed by atoms with E-state index in [1.54, 1.807) is 6.07 Å². The molecule has 116 valence electrons. The van der Waals surface area contributed by atoms with Crippen LogP contribution in [-0.4, -0.2) is 5.91 Å². The fourth-order valence-corrected chi connectivity index (χ4v) is 2.22. The van der Waals surface area contributed by atoms with Crippen LogP contribution >= 0.6 is 0 Å². The molecule has 4 heteroatoms. The number of anilines is 1. The van der Waals surface area contributed by atoms with Gasteiger partial charge in [-0.2, -0.15) is 0 Å². The third-order valence-electron chi connectivity index (χ3n) is 3.48. The number of nitrogens with one attached hydrogen (secondary N) is 1. The van der Waals surface area contributed by atoms with Crippen molar-refractivity contribution in [3.63, 3.8) is 0 Å². The third kappa shape index (κ3) is 3.61. The fourth-order valence-electron chi connectivity index (χ4n) is 2.22. The summed E-state index contributed by atoms with van der Waals surface area (Å²) >= 11 is 0. The molecular weight excluding hydrogens is 290 g/mol. The molecule has 4 nitrogen and oxygen atoms in total. The first kappa shape index (κ1) is 14.9. The molecule has 0 fully saturated rings. The molecule has 0 radical (unpaired) electrons. The van der Waals surface area contributed by atoms with Gasteiger partial charge in [0.05, 0.1) is 6.26 Å². The van der Waals surface area contributed by atoms with Gasteiger partial charge < -0.3 is 14.5 Å². The Labute approximate surface area is 134 Å². The van der Waals surface area contributed by atoms with Gasteiger partial charge in [0, 0.05) is 11.3 Å². The highest BCUT2D eigenvalue weighted by Gasteiger charge is 2.16. The third-order valence-corrected chi connectivity index (χ3v) is 3.48. The number of carbonyl (C=O) groups excluding carboxylic acids is 1. The number of ether oxygens (including phenoxy) is 1. The summed E-state index contributed by atoms with van der Waals surface area (Å²) in [5, 5.41) is 2.86. The maximum Gasteiger partial charge on any atom is 0.291 e. The topological polar surface area (TPSA) is 51.5 Å². The molecule has 1 heterocycles. The van der Waals surface area contributed by atoms with Crippen LogP contribution in [0.4, 0.5) is 5.69 Å². The van der Waals surface area contributed by atoms with E-state index in [2.05, 4.69) is 5.32 Å². The van der Waals surface area contributed by atoms with E-state index in [9.17, 15) is 4.79 Å². The quantitative estimate of drug-likeness (QED) is 0.759. The molecule has 0 aliphatic heterocycles. The second-order valence-electron chi connectivity index (χ2n) is 5.15. The van der Waals surface area contributed by atoms with Crippen LogP contribution in [0.25, 0.3) is 0 Å². The van der Waals surface area contributed by atoms with E-state index in [4.69, 9.17) is 9.15 Å². The zero-order valence-electron chi connectivity index (χ0n) is 12.8. The molecular formula is C19H17NO3. The van der Waals surface area contributed by atoms with Crippen molar-refractivity contribution >= 4 is 11.6 Å². The minimum Gasteiger partial charge on any atom is -0.489 e. The standard InChI is InChI=1S/C19H17NO3/c1-14-7-5-6-10-17(14)20-19(21)18-15(11-12-22-18)13-23-16-8-3-2-4-9-16/h2-12H,13H2,1H3,(H,20,21). The Balaban J connectivity index is 1.70. The van der Waals surface area contributed by atoms with E-state index in [1.165, 1.54) is 6.26 Å². The van der Waals surface area contributed by atoms with E-state index in [-0.39, 0.29) is 18.3 Å². The molecule has 2 aromatic carbocycles. The van der Waals surface area contributed by atoms with E-state index in [0.29, 0.717) is 5.56 Å². The highest BCUT2D eigenvalue weighted by atomic mass is 16.5. The molecule has 3 rings (SSSR count). The number of carbonyl (C=O) groups is 1. The highest BCUT2D eigenvalue weighted by molar-refractivity contribution is 6.03. The van der Waals surface area contributed by atoms with Crippen LogP contribution in [0, 0.1) is 6.92 Å². The van der Waals surface area contributed by atoms with Gasteiger partial charge >= 0.3 is 0 Å². The average Bonchev–Trinajstić information content (AvgIpc) is 3.05. The second kappa shape index (κ2) is 6.83. The van der Waals surface area contributed by atoms with E-state index in [1.807, 2.05) is 61.5 Å². The van der Waals surface area contributed by atoms with Crippen molar-refractivity contribution in [2.75, 3.05) is 5.32 Å². The Morgan fingerprint density at radius 3 is 2.57 bits per heavy atom. The average molecular weight is 307 g/mol. The summed E-state index contributed by atoms with van der Waals surface area (Å²) in [6.07, 6.45) is 1.50. The summed E-state index contributed by atoms with van der Waals surface area (Å²) in [5.41, 5.74) is 2.47. The highest BCUT2D eigenvalue weighted by Crippen LogP contribution is 2.19. The zero-order valence-corrected chi connectivity index (χ0v) is 12.8. The largest absolute Gasteiger partial charge is 0.489 e. The van der Waals surface area contributed by atoms with Crippen LogP contribution in [-0.2, 0) is 6.61 Å². The van der Waals surface area contributed by atoms with Gasteiger partial charge in [-0.1, -0.05) is 36.4 Å². The van der Waals surface area contributed by atoms with E-state index < -0.39 is 0 Å². The van der Waals surface area contributed by atoms with E-state index >= 15 is 0 Å². The second-order valence-corrected chi connectivity index (χ2v) is 5.15. The van der Waals surface area contributed by atoms with Crippen LogP contribution in [0.15, 0.2) is 71.3 Å². The Morgan fingerprint density at radius 1 is 1.04 bits per heavy atom. The summed E-state index contributed by atoms with van der Waals surface area (Å²) in [5.74, 6) is 0.735. The number of rotatable bonds is 5. The first-order chi connectivity index (χ1) is 11.2. The first-order valence-electron chi connectivity index (χ1n) is 7.35. The molecule has 0 aliphatic rings. The molecule has 0 spiro atoms. The zero-order chi connectivity index (χ0) is 16.1. The fraction of sp³-hybridized carbons (Fsp3) is 0.105. The summed E-state index contributed by atoms with van der Waals surface area (Å²) in [7, 11) is 0. The molecule has 0 unspecified atom stereocenters. The van der Waals surface area contributed by atoms with Gasteiger partial charge in [0.1, 0.15) is 12.4 Å². The van der Waals surface area contributed by atoms with Gasteiger partial charge in [-0.15, -0.1) is 0 Å². The lowest BCUT2D eigenvalue weighted by Crippen LogP contribution is -2.14. The lowest BCUT2D eigenvalue weighted by molar-refractivity contribution is 0.0993. The predicted octanol–water partition coefficient (Wildman–Crippen LogP) is 4.42. The Morgan fingerprint density at radius 2 is 1.78 bits per heavy atom. The van der Waals surface area contributed by atoms with Crippen LogP contribution in [0.2, 0.25) is 0 Å². The molecule has 1 amide bonds. The minimum atomic E-state index is -0.282. The van der Waals surface area contributed by atoms with Crippen LogP contribution in [0.5, 0.6) is 5.75 Å². The number of furan rings is 1. The Hall–Kier alpha value is -3.01. The summed E-state index contributed by atoms with van der Waals surface area (Å²) in [6.45, 7) is 2.22. The molecule has 0 aliphatic carbocycles. The van der Waals surface area contributed by atoms with Gasteiger partial charge in [0.2, 0.25) is 0 Å². The van der Waals surface area contributed by atoms with Gasteiger partial charge in [-0.05, 0) is 36.8 Å². The van der Waals surface area contributed by atoms with Crippen molar-refractivity contribution in [3.05, 3.63) is 83.8 Å². The Bertz CT molecular complexity index is 793. The van der Waals surface area contributed by atoms with Crippen molar-refractivity contribution in [2.45, 2.75) is 13.5 Å². The lowest BCUT2D eigenvalue weighted by atomic mass is 10.2. The molecule has 0 saturated carbocycles. The van der Waals surface area contributed by atoms with Crippen molar-refractivity contribution < 1.29 is 13.9 Å². The number of aryl methyl sites for hydroxylation is 1. The first-order valence-corrected chi connectivity index (χ1v) is 7.35. The minimum absolute atomic E-state index is 0.268. The smallest absolute Gasteiger partial charge is 0.291 e. The van der Waals surface area contributed by atoms with Crippen molar-refractivity contribution in [1.82, 2.24) is 0 Å². The Kier molecular flexibility index (Phi) is 4.43. The van der Waals surface area contributed by atoms with Crippen LogP contribution < -0.4 is 10.1 Å². The predicted molar refractivity (Wildman–Crippen MR) is 88.6 cm³/mol. The molecule has 23 heavy (non-hydrogen) atoms. The van der Waals surface area contributed by atoms with Gasteiger partial charge in [0.15, 0.2) is 5.76 Å². The molecule has 3 aromatic rings. The molecule has 1 N–H and O–H groups in total. The summed E-state index contributed by atoms with van der Waals surface area (Å²) in [6, 6.07) is 18.8. The molecule has 0 bridgehead atoms. The van der Waals surface area contributed by atoms with Gasteiger partial charge in [0.25, 0.3) is 5.91 Å². The van der Waals surface area contributed by atoms with E-state index in [0.717, 1.165) is 17.0 Å². The SMILES string of the molecule is Cc1ccccc1NC(=O)c1occc1COc1ccccc1. The summed E-state index contributed by atoms with van der Waals surface area (Å²) in [4.78, 5) is 12.4. The normalized spacial score (nSPS) is 10.3. The lowest BCUT2D eigenvalue weighted by Gasteiger charge is -2.08. The number of hydrogen-bond donors (Lipinski definition) is 1. The van der Waals surface area contributed by atoms with Crippen molar-refractivity contribution in [2.24, 2.45) is 0 Å². The maximum absolute atomic E-state index is 12.4. The van der Waals surface area contributed by atoms with Gasteiger partial charge in [-0.3, -0.25) is 4.79 Å². The van der Waals surface area contributed by atoms with Crippen molar-refractivity contribution in [3.8, 4) is 5.75 Å².